The number of methoxy groups -OCH3 is 1. The second-order valence-electron chi connectivity index (χ2n) is 11.7. The molecule has 0 radical (unpaired) electrons. The molecule has 0 saturated carbocycles. The number of ether oxygens (including phenoxy) is 1. The maximum atomic E-state index is 12.0. The van der Waals surface area contributed by atoms with Gasteiger partial charge in [-0.05, 0) is 69.7 Å². The van der Waals surface area contributed by atoms with Crippen LogP contribution in [0.25, 0.3) is 79.8 Å². The number of benzene rings is 3. The molecule has 2 aliphatic rings. The van der Waals surface area contributed by atoms with E-state index in [2.05, 4.69) is 60.7 Å². The summed E-state index contributed by atoms with van der Waals surface area (Å²) in [6, 6.07) is 38.9. The zero-order valence-electron chi connectivity index (χ0n) is 27.1. The van der Waals surface area contributed by atoms with Gasteiger partial charge in [0.1, 0.15) is 0 Å². The number of fused-ring (bicyclic) bond motifs is 8. The smallest absolute Gasteiger partial charge is 0.657 e. The van der Waals surface area contributed by atoms with Crippen molar-refractivity contribution in [1.82, 2.24) is 19.9 Å². The van der Waals surface area contributed by atoms with Crippen molar-refractivity contribution in [2.75, 3.05) is 7.11 Å². The second kappa shape index (κ2) is 14.2. The zero-order valence-corrected chi connectivity index (χ0v) is 28.1. The molecule has 8 rings (SSSR count). The first-order chi connectivity index (χ1) is 24.2. The van der Waals surface area contributed by atoms with Gasteiger partial charge in [0.2, 0.25) is 0 Å². The van der Waals surface area contributed by atoms with Crippen LogP contribution in [0.4, 0.5) is 0 Å². The van der Waals surface area contributed by atoms with Gasteiger partial charge in [0.15, 0.2) is 0 Å². The van der Waals surface area contributed by atoms with Gasteiger partial charge in [-0.15, -0.1) is 22.1 Å². The van der Waals surface area contributed by atoms with Crippen molar-refractivity contribution >= 4 is 52.3 Å². The van der Waals surface area contributed by atoms with Crippen LogP contribution < -0.4 is 9.97 Å². The summed E-state index contributed by atoms with van der Waals surface area (Å²) in [6.45, 7) is 0. The Kier molecular flexibility index (Phi) is 9.24. The van der Waals surface area contributed by atoms with Crippen LogP contribution in [0.5, 0.6) is 0 Å². The molecule has 0 unspecified atom stereocenters. The summed E-state index contributed by atoms with van der Waals surface area (Å²) in [5.41, 5.74) is 13.2. The van der Waals surface area contributed by atoms with E-state index in [1.165, 1.54) is 13.2 Å². The SMILES string of the molecule is COC(=O)/C=C/Cc1c2nc(c(-c3ccccc3)c3ccc([n-]3)c(-c3ccccc3)c3nc(c(-c4ccccc4)c4ccc1[n-]4)C=C3)C=C2.[Ni+2]. The van der Waals surface area contributed by atoms with Gasteiger partial charge in [-0.2, -0.15) is 0 Å². The molecule has 0 fully saturated rings. The minimum Gasteiger partial charge on any atom is -0.657 e. The Balaban J connectivity index is 0.00000392. The molecule has 3 aromatic heterocycles. The number of rotatable bonds is 6. The van der Waals surface area contributed by atoms with Crippen LogP contribution in [0, 0.1) is 0 Å². The van der Waals surface area contributed by atoms with Crippen molar-refractivity contribution in [3.63, 3.8) is 0 Å². The standard InChI is InChI=1S/C43H30N4O2.Ni/c1-49-40(48)19-11-18-31-32-20-22-34(44-32)41(28-12-5-2-6-13-28)36-24-26-38(46-36)43(30-16-9-4-10-17-30)39-27-25-37(47-39)42(29-14-7-3-8-15-29)35-23-21-33(31)45-35;/h2-17,19-27H,18H2,1H3;/q-2;+2/b19-11+,32-31?,33-31?,41-34?,41-36?,42-35?,42-37?,43-38?,43-39?;. The fourth-order valence-electron chi connectivity index (χ4n) is 6.40. The van der Waals surface area contributed by atoms with Crippen molar-refractivity contribution in [3.8, 4) is 33.4 Å². The predicted molar refractivity (Wildman–Crippen MR) is 198 cm³/mol. The largest absolute Gasteiger partial charge is 2.00 e. The van der Waals surface area contributed by atoms with Gasteiger partial charge >= 0.3 is 22.5 Å². The fraction of sp³-hybridized carbons (Fsp3) is 0.0465. The van der Waals surface area contributed by atoms with Crippen molar-refractivity contribution in [3.05, 3.63) is 156 Å². The van der Waals surface area contributed by atoms with E-state index in [0.717, 1.165) is 83.8 Å². The fourth-order valence-corrected chi connectivity index (χ4v) is 6.40. The van der Waals surface area contributed by atoms with E-state index < -0.39 is 5.97 Å². The summed E-state index contributed by atoms with van der Waals surface area (Å²) >= 11 is 0. The monoisotopic (exact) mass is 692 g/mol. The number of carbonyl (C=O) groups excluding carboxylic acids is 1. The number of carbonyl (C=O) groups is 1. The van der Waals surface area contributed by atoms with Crippen LogP contribution in [-0.4, -0.2) is 23.0 Å². The van der Waals surface area contributed by atoms with Crippen LogP contribution >= 0.6 is 0 Å². The topological polar surface area (TPSA) is 80.3 Å². The van der Waals surface area contributed by atoms with E-state index in [9.17, 15) is 4.79 Å². The van der Waals surface area contributed by atoms with Gasteiger partial charge in [0.25, 0.3) is 0 Å². The van der Waals surface area contributed by atoms with Crippen molar-refractivity contribution in [1.29, 1.82) is 0 Å². The molecule has 0 amide bonds. The molecule has 0 atom stereocenters. The van der Waals surface area contributed by atoms with E-state index in [1.807, 2.05) is 78.9 Å². The first-order valence-electron chi connectivity index (χ1n) is 16.1. The van der Waals surface area contributed by atoms with Gasteiger partial charge in [-0.1, -0.05) is 121 Å². The van der Waals surface area contributed by atoms with E-state index >= 15 is 0 Å². The first kappa shape index (κ1) is 32.5. The Morgan fingerprint density at radius 2 is 0.940 bits per heavy atom. The number of aromatic nitrogens is 4. The van der Waals surface area contributed by atoms with Gasteiger partial charge < -0.3 is 14.7 Å². The number of hydrogen-bond donors (Lipinski definition) is 0. The van der Waals surface area contributed by atoms with Crippen LogP contribution in [0.1, 0.15) is 28.3 Å². The van der Waals surface area contributed by atoms with E-state index in [-0.39, 0.29) is 16.5 Å². The Labute approximate surface area is 299 Å². The van der Waals surface area contributed by atoms with E-state index in [0.29, 0.717) is 6.42 Å². The Morgan fingerprint density at radius 1 is 0.560 bits per heavy atom. The van der Waals surface area contributed by atoms with Crippen LogP contribution in [-0.2, 0) is 32.4 Å². The molecule has 6 nitrogen and oxygen atoms in total. The third-order valence-electron chi connectivity index (χ3n) is 8.68. The van der Waals surface area contributed by atoms with E-state index in [4.69, 9.17) is 24.7 Å². The summed E-state index contributed by atoms with van der Waals surface area (Å²) in [6.07, 6.45) is 11.8. The molecular weight excluding hydrogens is 663 g/mol. The third-order valence-corrected chi connectivity index (χ3v) is 8.68. The molecule has 0 aliphatic carbocycles. The minimum absolute atomic E-state index is 0. The van der Waals surface area contributed by atoms with Crippen LogP contribution in [0.3, 0.4) is 0 Å². The molecule has 50 heavy (non-hydrogen) atoms. The van der Waals surface area contributed by atoms with Crippen LogP contribution in [0.15, 0.2) is 127 Å². The minimum atomic E-state index is -0.414. The van der Waals surface area contributed by atoms with Gasteiger partial charge in [0, 0.05) is 6.08 Å². The van der Waals surface area contributed by atoms with Crippen LogP contribution in [0.2, 0.25) is 0 Å². The summed E-state index contributed by atoms with van der Waals surface area (Å²) in [7, 11) is 1.37. The molecule has 3 aromatic carbocycles. The second-order valence-corrected chi connectivity index (χ2v) is 11.7. The number of nitrogens with zero attached hydrogens (tertiary/aromatic N) is 4. The van der Waals surface area contributed by atoms with Gasteiger partial charge in [-0.3, -0.25) is 0 Å². The van der Waals surface area contributed by atoms with Crippen molar-refractivity contribution in [2.45, 2.75) is 6.42 Å². The predicted octanol–water partition coefficient (Wildman–Crippen LogP) is 9.18. The Bertz CT molecular complexity index is 2420. The quantitative estimate of drug-likeness (QED) is 0.0982. The normalized spacial score (nSPS) is 11.9. The van der Waals surface area contributed by atoms with Gasteiger partial charge in [0.05, 0.1) is 29.9 Å². The molecule has 5 heterocycles. The first-order valence-corrected chi connectivity index (χ1v) is 16.1. The summed E-state index contributed by atoms with van der Waals surface area (Å²) < 4.78 is 4.86. The molecule has 6 aromatic rings. The Hall–Kier alpha value is -6.04. The molecule has 8 bridgehead atoms. The molecule has 0 saturated heterocycles. The van der Waals surface area contributed by atoms with Gasteiger partial charge in [-0.25, -0.2) is 14.8 Å². The molecule has 244 valence electrons. The molecule has 2 aliphatic heterocycles. The molecule has 0 spiro atoms. The zero-order chi connectivity index (χ0) is 33.2. The Morgan fingerprint density at radius 3 is 1.38 bits per heavy atom. The third kappa shape index (κ3) is 6.27. The summed E-state index contributed by atoms with van der Waals surface area (Å²) in [5.74, 6) is -0.414. The summed E-state index contributed by atoms with van der Waals surface area (Å²) in [4.78, 5) is 32.9. The number of esters is 1. The molecule has 0 N–H and O–H groups in total. The summed E-state index contributed by atoms with van der Waals surface area (Å²) in [5, 5.41) is 0. The average molecular weight is 693 g/mol. The number of hydrogen-bond acceptors (Lipinski definition) is 4. The van der Waals surface area contributed by atoms with Crippen molar-refractivity contribution < 1.29 is 26.0 Å². The molecular formula is C43H30N4NiO2. The maximum Gasteiger partial charge on any atom is 2.00 e. The van der Waals surface area contributed by atoms with Crippen molar-refractivity contribution in [2.24, 2.45) is 0 Å². The average Bonchev–Trinajstić information content (AvgIpc) is 3.98. The number of allylic oxidation sites excluding steroid dienone is 1. The maximum absolute atomic E-state index is 12.0. The molecule has 7 heteroatoms. The van der Waals surface area contributed by atoms with E-state index in [1.54, 1.807) is 6.08 Å².